The predicted octanol–water partition coefficient (Wildman–Crippen LogP) is 2.98. The molecule has 1 unspecified atom stereocenters. The van der Waals surface area contributed by atoms with Gasteiger partial charge in [0.25, 0.3) is 0 Å². The topological polar surface area (TPSA) is 34.4 Å². The summed E-state index contributed by atoms with van der Waals surface area (Å²) in [5.41, 5.74) is 3.78. The molecule has 0 spiro atoms. The van der Waals surface area contributed by atoms with E-state index in [1.807, 2.05) is 0 Å². The van der Waals surface area contributed by atoms with E-state index in [1.165, 1.54) is 11.4 Å². The van der Waals surface area contributed by atoms with E-state index >= 15 is 0 Å². The molecule has 0 fully saturated rings. The maximum absolute atomic E-state index is 10.0. The molecule has 3 heteroatoms. The molecule has 102 valence electrons. The number of aliphatic hydroxyl groups is 1. The fourth-order valence-electron chi connectivity index (χ4n) is 2.82. The van der Waals surface area contributed by atoms with Gasteiger partial charge in [0.1, 0.15) is 0 Å². The van der Waals surface area contributed by atoms with Crippen LogP contribution in [0.5, 0.6) is 0 Å². The Hall–Kier alpha value is -0.800. The van der Waals surface area contributed by atoms with Gasteiger partial charge in [0, 0.05) is 36.7 Å². The summed E-state index contributed by atoms with van der Waals surface area (Å²) < 4.78 is 7.89. The van der Waals surface area contributed by atoms with Crippen molar-refractivity contribution in [1.29, 1.82) is 0 Å². The summed E-state index contributed by atoms with van der Waals surface area (Å²) in [6.45, 7) is 6.98. The zero-order valence-electron chi connectivity index (χ0n) is 11.6. The average Bonchev–Trinajstić information content (AvgIpc) is 2.68. The largest absolute Gasteiger partial charge is 0.388 e. The summed E-state index contributed by atoms with van der Waals surface area (Å²) in [5.74, 6) is 0. The van der Waals surface area contributed by atoms with E-state index in [0.29, 0.717) is 0 Å². The molecule has 1 N–H and O–H groups in total. The lowest BCUT2D eigenvalue weighted by Crippen LogP contribution is -2.13. The molecule has 3 nitrogen and oxygen atoms in total. The van der Waals surface area contributed by atoms with E-state index in [2.05, 4.69) is 24.5 Å². The van der Waals surface area contributed by atoms with Gasteiger partial charge in [0.15, 0.2) is 0 Å². The van der Waals surface area contributed by atoms with Crippen LogP contribution in [0.25, 0.3) is 0 Å². The standard InChI is InChI=1S/C15H25NO2/c1-3-9-18-10-5-8-16-12(2)11-13-14(16)6-4-7-15(13)17/h11,15,17H,3-10H2,1-2H3. The molecule has 1 aromatic heterocycles. The van der Waals surface area contributed by atoms with E-state index < -0.39 is 0 Å². The van der Waals surface area contributed by atoms with Crippen LogP contribution in [0, 0.1) is 6.92 Å². The van der Waals surface area contributed by atoms with Crippen LogP contribution >= 0.6 is 0 Å². The van der Waals surface area contributed by atoms with Gasteiger partial charge in [-0.15, -0.1) is 0 Å². The Bertz CT molecular complexity index is 384. The van der Waals surface area contributed by atoms with Crippen LogP contribution in [0.1, 0.15) is 55.7 Å². The van der Waals surface area contributed by atoms with Gasteiger partial charge in [-0.25, -0.2) is 0 Å². The normalized spacial score (nSPS) is 18.9. The minimum atomic E-state index is -0.245. The minimum absolute atomic E-state index is 0.245. The van der Waals surface area contributed by atoms with Gasteiger partial charge in [-0.1, -0.05) is 6.92 Å². The number of hydrogen-bond acceptors (Lipinski definition) is 2. The monoisotopic (exact) mass is 251 g/mol. The summed E-state index contributed by atoms with van der Waals surface area (Å²) in [5, 5.41) is 10.0. The number of hydrogen-bond donors (Lipinski definition) is 1. The van der Waals surface area contributed by atoms with Gasteiger partial charge >= 0.3 is 0 Å². The number of aryl methyl sites for hydroxylation is 1. The van der Waals surface area contributed by atoms with Gasteiger partial charge < -0.3 is 14.4 Å². The van der Waals surface area contributed by atoms with Crippen LogP contribution in [-0.4, -0.2) is 22.9 Å². The average molecular weight is 251 g/mol. The number of nitrogens with zero attached hydrogens (tertiary/aromatic N) is 1. The predicted molar refractivity (Wildman–Crippen MR) is 72.8 cm³/mol. The van der Waals surface area contributed by atoms with Crippen molar-refractivity contribution in [2.45, 2.75) is 58.6 Å². The van der Waals surface area contributed by atoms with Gasteiger partial charge in [-0.3, -0.25) is 0 Å². The quantitative estimate of drug-likeness (QED) is 0.789. The molecule has 0 radical (unpaired) electrons. The molecule has 1 aromatic rings. The summed E-state index contributed by atoms with van der Waals surface area (Å²) in [7, 11) is 0. The van der Waals surface area contributed by atoms with Crippen molar-refractivity contribution in [2.24, 2.45) is 0 Å². The third-order valence-corrected chi connectivity index (χ3v) is 3.72. The summed E-state index contributed by atoms with van der Waals surface area (Å²) in [6, 6.07) is 2.16. The second-order valence-corrected chi connectivity index (χ2v) is 5.21. The molecule has 1 atom stereocenters. The Kier molecular flexibility index (Phi) is 4.84. The van der Waals surface area contributed by atoms with Crippen LogP contribution in [-0.2, 0) is 17.7 Å². The number of rotatable bonds is 6. The van der Waals surface area contributed by atoms with Crippen molar-refractivity contribution >= 4 is 0 Å². The highest BCUT2D eigenvalue weighted by Crippen LogP contribution is 2.32. The second-order valence-electron chi connectivity index (χ2n) is 5.21. The SMILES string of the molecule is CCCOCCCn1c(C)cc2c1CCCC2O. The van der Waals surface area contributed by atoms with Crippen LogP contribution in [0.3, 0.4) is 0 Å². The molecular formula is C15H25NO2. The Morgan fingerprint density at radius 1 is 1.44 bits per heavy atom. The fourth-order valence-corrected chi connectivity index (χ4v) is 2.82. The van der Waals surface area contributed by atoms with E-state index in [1.54, 1.807) is 0 Å². The Balaban J connectivity index is 1.96. The van der Waals surface area contributed by atoms with Crippen molar-refractivity contribution < 1.29 is 9.84 Å². The minimum Gasteiger partial charge on any atom is -0.388 e. The Labute approximate surface area is 110 Å². The van der Waals surface area contributed by atoms with Crippen molar-refractivity contribution in [3.8, 4) is 0 Å². The molecule has 2 rings (SSSR count). The van der Waals surface area contributed by atoms with E-state index in [-0.39, 0.29) is 6.10 Å². The highest BCUT2D eigenvalue weighted by Gasteiger charge is 2.22. The van der Waals surface area contributed by atoms with Crippen LogP contribution in [0.2, 0.25) is 0 Å². The third kappa shape index (κ3) is 2.96. The molecular weight excluding hydrogens is 226 g/mol. The first-order valence-corrected chi connectivity index (χ1v) is 7.18. The number of aromatic nitrogens is 1. The molecule has 0 saturated heterocycles. The van der Waals surface area contributed by atoms with Crippen molar-refractivity contribution in [3.63, 3.8) is 0 Å². The molecule has 0 aliphatic heterocycles. The smallest absolute Gasteiger partial charge is 0.0807 e. The van der Waals surface area contributed by atoms with Gasteiger partial charge in [0.2, 0.25) is 0 Å². The second kappa shape index (κ2) is 6.39. The fraction of sp³-hybridized carbons (Fsp3) is 0.733. The first kappa shape index (κ1) is 13.6. The van der Waals surface area contributed by atoms with Crippen LogP contribution < -0.4 is 0 Å². The van der Waals surface area contributed by atoms with Crippen molar-refractivity contribution in [1.82, 2.24) is 4.57 Å². The molecule has 0 amide bonds. The molecule has 1 aliphatic carbocycles. The summed E-state index contributed by atoms with van der Waals surface area (Å²) in [4.78, 5) is 0. The zero-order valence-corrected chi connectivity index (χ0v) is 11.6. The number of fused-ring (bicyclic) bond motifs is 1. The van der Waals surface area contributed by atoms with E-state index in [4.69, 9.17) is 4.74 Å². The van der Waals surface area contributed by atoms with Crippen LogP contribution in [0.4, 0.5) is 0 Å². The number of ether oxygens (including phenoxy) is 1. The van der Waals surface area contributed by atoms with Crippen molar-refractivity contribution in [3.05, 3.63) is 23.0 Å². The van der Waals surface area contributed by atoms with Gasteiger partial charge in [-0.2, -0.15) is 0 Å². The van der Waals surface area contributed by atoms with Crippen molar-refractivity contribution in [2.75, 3.05) is 13.2 Å². The maximum atomic E-state index is 10.0. The first-order valence-electron chi connectivity index (χ1n) is 7.18. The molecule has 1 aliphatic rings. The Morgan fingerprint density at radius 3 is 3.06 bits per heavy atom. The van der Waals surface area contributed by atoms with E-state index in [0.717, 1.165) is 57.4 Å². The highest BCUT2D eigenvalue weighted by atomic mass is 16.5. The highest BCUT2D eigenvalue weighted by molar-refractivity contribution is 5.31. The van der Waals surface area contributed by atoms with Gasteiger partial charge in [-0.05, 0) is 45.1 Å². The van der Waals surface area contributed by atoms with E-state index in [9.17, 15) is 5.11 Å². The van der Waals surface area contributed by atoms with Crippen LogP contribution in [0.15, 0.2) is 6.07 Å². The molecule has 0 saturated carbocycles. The maximum Gasteiger partial charge on any atom is 0.0807 e. The number of aliphatic hydroxyl groups excluding tert-OH is 1. The molecule has 0 bridgehead atoms. The summed E-state index contributed by atoms with van der Waals surface area (Å²) >= 11 is 0. The lowest BCUT2D eigenvalue weighted by Gasteiger charge is -2.20. The molecule has 1 heterocycles. The molecule has 0 aromatic carbocycles. The third-order valence-electron chi connectivity index (χ3n) is 3.72. The lowest BCUT2D eigenvalue weighted by molar-refractivity contribution is 0.128. The zero-order chi connectivity index (χ0) is 13.0. The first-order chi connectivity index (χ1) is 8.74. The summed E-state index contributed by atoms with van der Waals surface area (Å²) in [6.07, 6.45) is 5.02. The lowest BCUT2D eigenvalue weighted by atomic mass is 9.95. The molecule has 18 heavy (non-hydrogen) atoms. The Morgan fingerprint density at radius 2 is 2.28 bits per heavy atom. The van der Waals surface area contributed by atoms with Gasteiger partial charge in [0.05, 0.1) is 6.10 Å².